The Morgan fingerprint density at radius 2 is 1.93 bits per heavy atom. The fraction of sp³-hybridized carbons (Fsp3) is 0.429. The van der Waals surface area contributed by atoms with Gasteiger partial charge in [0.25, 0.3) is 0 Å². The third-order valence-corrected chi connectivity index (χ3v) is 5.14. The number of hydrogen-bond acceptors (Lipinski definition) is 5. The molecule has 0 unspecified atom stereocenters. The minimum atomic E-state index is -0.168. The molecule has 2 heterocycles. The Labute approximate surface area is 165 Å². The number of aromatic nitrogens is 1. The largest absolute Gasteiger partial charge is 0.506 e. The first kappa shape index (κ1) is 19.8. The summed E-state index contributed by atoms with van der Waals surface area (Å²) in [7, 11) is 1.55. The lowest BCUT2D eigenvalue weighted by atomic mass is 10.1. The number of carbonyl (C=O) groups excluding carboxylic acids is 1. The number of nitrogens with zero attached hydrogens (tertiary/aromatic N) is 3. The number of phenols is 1. The molecule has 1 aliphatic rings. The van der Waals surface area contributed by atoms with Crippen LogP contribution in [0.15, 0.2) is 24.3 Å². The van der Waals surface area contributed by atoms with Crippen LogP contribution in [-0.4, -0.2) is 54.3 Å². The summed E-state index contributed by atoms with van der Waals surface area (Å²) in [5.74, 6) is 0.701. The van der Waals surface area contributed by atoms with E-state index in [-0.39, 0.29) is 11.8 Å². The van der Waals surface area contributed by atoms with Gasteiger partial charge < -0.3 is 25.0 Å². The van der Waals surface area contributed by atoms with Crippen molar-refractivity contribution in [2.24, 2.45) is 0 Å². The topological polar surface area (TPSA) is 77.9 Å². The molecule has 28 heavy (non-hydrogen) atoms. The number of nitrogens with one attached hydrogen (secondary N) is 1. The van der Waals surface area contributed by atoms with Crippen molar-refractivity contribution in [3.05, 3.63) is 41.1 Å². The Balaban J connectivity index is 1.66. The lowest BCUT2D eigenvalue weighted by Gasteiger charge is -2.36. The number of methoxy groups -OCH3 is 1. The van der Waals surface area contributed by atoms with E-state index in [1.165, 1.54) is 0 Å². The molecule has 0 radical (unpaired) electrons. The number of benzene rings is 1. The van der Waals surface area contributed by atoms with Crippen LogP contribution in [0.2, 0.25) is 0 Å². The van der Waals surface area contributed by atoms with Gasteiger partial charge in [0.1, 0.15) is 11.4 Å². The van der Waals surface area contributed by atoms with Crippen LogP contribution in [0.5, 0.6) is 11.6 Å². The van der Waals surface area contributed by atoms with Crippen LogP contribution in [0, 0.1) is 13.8 Å². The minimum Gasteiger partial charge on any atom is -0.506 e. The first-order chi connectivity index (χ1) is 13.4. The maximum atomic E-state index is 12.7. The molecule has 1 fully saturated rings. The number of amides is 2. The van der Waals surface area contributed by atoms with Crippen LogP contribution in [0.4, 0.5) is 16.2 Å². The number of carbonyl (C=O) groups is 1. The van der Waals surface area contributed by atoms with E-state index in [1.54, 1.807) is 18.1 Å². The second-order valence-electron chi connectivity index (χ2n) is 7.04. The quantitative estimate of drug-likeness (QED) is 0.845. The molecule has 2 amide bonds. The normalized spacial score (nSPS) is 14.1. The Hall–Kier alpha value is -2.96. The molecular formula is C21H28N4O3. The summed E-state index contributed by atoms with van der Waals surface area (Å²) in [4.78, 5) is 21.0. The number of urea groups is 1. The van der Waals surface area contributed by atoms with Gasteiger partial charge in [0.2, 0.25) is 5.88 Å². The van der Waals surface area contributed by atoms with E-state index < -0.39 is 0 Å². The zero-order chi connectivity index (χ0) is 20.3. The van der Waals surface area contributed by atoms with Crippen LogP contribution >= 0.6 is 0 Å². The number of anilines is 2. The number of piperazine rings is 1. The Morgan fingerprint density at radius 3 is 2.54 bits per heavy atom. The molecule has 2 aromatic rings. The summed E-state index contributed by atoms with van der Waals surface area (Å²) in [5.41, 5.74) is 4.40. The lowest BCUT2D eigenvalue weighted by molar-refractivity contribution is 0.208. The zero-order valence-corrected chi connectivity index (χ0v) is 17.0. The molecule has 1 aromatic heterocycles. The number of aryl methyl sites for hydroxylation is 3. The van der Waals surface area contributed by atoms with Crippen LogP contribution in [-0.2, 0) is 6.42 Å². The molecule has 7 nitrogen and oxygen atoms in total. The fourth-order valence-corrected chi connectivity index (χ4v) is 3.47. The summed E-state index contributed by atoms with van der Waals surface area (Å²) in [6, 6.07) is 7.43. The monoisotopic (exact) mass is 384 g/mol. The third-order valence-electron chi connectivity index (χ3n) is 5.14. The highest BCUT2D eigenvalue weighted by molar-refractivity contribution is 5.91. The van der Waals surface area contributed by atoms with Gasteiger partial charge in [-0.1, -0.05) is 13.0 Å². The molecule has 3 rings (SSSR count). The van der Waals surface area contributed by atoms with Gasteiger partial charge in [-0.15, -0.1) is 0 Å². The smallest absolute Gasteiger partial charge is 0.322 e. The summed E-state index contributed by atoms with van der Waals surface area (Å²) < 4.78 is 5.33. The Kier molecular flexibility index (Phi) is 5.92. The summed E-state index contributed by atoms with van der Waals surface area (Å²) >= 11 is 0. The summed E-state index contributed by atoms with van der Waals surface area (Å²) in [5, 5.41) is 13.1. The van der Waals surface area contributed by atoms with Gasteiger partial charge in [-0.05, 0) is 49.6 Å². The molecule has 0 aliphatic carbocycles. The second-order valence-corrected chi connectivity index (χ2v) is 7.04. The molecule has 1 saturated heterocycles. The van der Waals surface area contributed by atoms with Crippen LogP contribution in [0.3, 0.4) is 0 Å². The van der Waals surface area contributed by atoms with Crippen molar-refractivity contribution in [3.8, 4) is 11.6 Å². The van der Waals surface area contributed by atoms with Gasteiger partial charge in [-0.3, -0.25) is 0 Å². The average Bonchev–Trinajstić information content (AvgIpc) is 2.69. The van der Waals surface area contributed by atoms with Gasteiger partial charge in [-0.2, -0.15) is 0 Å². The zero-order valence-electron chi connectivity index (χ0n) is 17.0. The van der Waals surface area contributed by atoms with E-state index in [2.05, 4.69) is 22.1 Å². The van der Waals surface area contributed by atoms with Gasteiger partial charge in [0.05, 0.1) is 12.8 Å². The van der Waals surface area contributed by atoms with Gasteiger partial charge >= 0.3 is 6.03 Å². The van der Waals surface area contributed by atoms with E-state index in [0.717, 1.165) is 28.9 Å². The van der Waals surface area contributed by atoms with Crippen molar-refractivity contribution >= 4 is 17.4 Å². The number of ether oxygens (including phenoxy) is 1. The molecule has 0 spiro atoms. The van der Waals surface area contributed by atoms with Gasteiger partial charge in [0.15, 0.2) is 0 Å². The minimum absolute atomic E-state index is 0.168. The predicted octanol–water partition coefficient (Wildman–Crippen LogP) is 3.33. The number of aromatic hydroxyl groups is 1. The van der Waals surface area contributed by atoms with Crippen molar-refractivity contribution in [2.45, 2.75) is 27.2 Å². The van der Waals surface area contributed by atoms with Crippen molar-refractivity contribution in [2.75, 3.05) is 43.5 Å². The maximum Gasteiger partial charge on any atom is 0.322 e. The SMILES string of the molecule is CCc1cc(NC(=O)N2CCN(c3ccc(C)cc3O)CC2)c(OC)nc1C. The van der Waals surface area contributed by atoms with Crippen molar-refractivity contribution in [3.63, 3.8) is 0 Å². The van der Waals surface area contributed by atoms with Crippen LogP contribution in [0.1, 0.15) is 23.7 Å². The number of rotatable bonds is 4. The highest BCUT2D eigenvalue weighted by Crippen LogP contribution is 2.29. The Bertz CT molecular complexity index is 861. The van der Waals surface area contributed by atoms with E-state index >= 15 is 0 Å². The maximum absolute atomic E-state index is 12.7. The number of pyridine rings is 1. The van der Waals surface area contributed by atoms with E-state index in [1.807, 2.05) is 32.0 Å². The Morgan fingerprint density at radius 1 is 1.21 bits per heavy atom. The fourth-order valence-electron chi connectivity index (χ4n) is 3.47. The predicted molar refractivity (Wildman–Crippen MR) is 111 cm³/mol. The molecule has 0 saturated carbocycles. The summed E-state index contributed by atoms with van der Waals surface area (Å²) in [6.45, 7) is 8.41. The van der Waals surface area contributed by atoms with E-state index in [4.69, 9.17) is 4.74 Å². The molecule has 2 N–H and O–H groups in total. The van der Waals surface area contributed by atoms with Crippen LogP contribution in [0.25, 0.3) is 0 Å². The lowest BCUT2D eigenvalue weighted by Crippen LogP contribution is -2.50. The first-order valence-corrected chi connectivity index (χ1v) is 9.58. The second kappa shape index (κ2) is 8.37. The highest BCUT2D eigenvalue weighted by atomic mass is 16.5. The van der Waals surface area contributed by atoms with Gasteiger partial charge in [0, 0.05) is 31.9 Å². The standard InChI is InChI=1S/C21H28N4O3/c1-5-16-13-17(20(28-4)22-15(16)3)23-21(27)25-10-8-24(9-11-25)18-7-6-14(2)12-19(18)26/h6-7,12-13,26H,5,8-11H2,1-4H3,(H,23,27). The molecule has 0 bridgehead atoms. The van der Waals surface area contributed by atoms with Crippen molar-refractivity contribution in [1.82, 2.24) is 9.88 Å². The van der Waals surface area contributed by atoms with Gasteiger partial charge in [-0.25, -0.2) is 9.78 Å². The number of hydrogen-bond donors (Lipinski definition) is 2. The highest BCUT2D eigenvalue weighted by Gasteiger charge is 2.24. The number of phenolic OH excluding ortho intramolecular Hbond substituents is 1. The van der Waals surface area contributed by atoms with Crippen LogP contribution < -0.4 is 15.0 Å². The van der Waals surface area contributed by atoms with Crippen molar-refractivity contribution < 1.29 is 14.6 Å². The molecule has 150 valence electrons. The first-order valence-electron chi connectivity index (χ1n) is 9.58. The average molecular weight is 384 g/mol. The van der Waals surface area contributed by atoms with Crippen molar-refractivity contribution in [1.29, 1.82) is 0 Å². The van der Waals surface area contributed by atoms with E-state index in [9.17, 15) is 9.90 Å². The molecule has 0 atom stereocenters. The summed E-state index contributed by atoms with van der Waals surface area (Å²) in [6.07, 6.45) is 0.838. The molecule has 7 heteroatoms. The molecular weight excluding hydrogens is 356 g/mol. The third kappa shape index (κ3) is 4.13. The van der Waals surface area contributed by atoms with E-state index in [0.29, 0.717) is 37.7 Å². The molecule has 1 aromatic carbocycles. The molecule has 1 aliphatic heterocycles.